The van der Waals surface area contributed by atoms with Crippen LogP contribution in [0.5, 0.6) is 0 Å². The van der Waals surface area contributed by atoms with Crippen molar-refractivity contribution < 1.29 is 5.11 Å². The minimum atomic E-state index is -0.169. The normalized spacial score (nSPS) is 22.9. The van der Waals surface area contributed by atoms with Crippen molar-refractivity contribution in [1.29, 1.82) is 0 Å². The molecule has 0 radical (unpaired) electrons. The molecule has 1 fully saturated rings. The first-order valence-electron chi connectivity index (χ1n) is 6.25. The Morgan fingerprint density at radius 1 is 1.50 bits per heavy atom. The smallest absolute Gasteiger partial charge is 0.0743 e. The maximum atomic E-state index is 9.55. The van der Waals surface area contributed by atoms with Crippen LogP contribution in [-0.4, -0.2) is 40.2 Å². The molecule has 0 bridgehead atoms. The van der Waals surface area contributed by atoms with Gasteiger partial charge in [-0.3, -0.25) is 4.90 Å². The topological polar surface area (TPSA) is 49.5 Å². The Labute approximate surface area is 104 Å². The molecule has 4 heteroatoms. The predicted octanol–water partition coefficient (Wildman–Crippen LogP) is 1.53. The van der Waals surface area contributed by atoms with Gasteiger partial charge in [-0.2, -0.15) is 0 Å². The average Bonchev–Trinajstić information content (AvgIpc) is 2.25. The fourth-order valence-electron chi connectivity index (χ4n) is 2.53. The second-order valence-corrected chi connectivity index (χ2v) is 5.37. The van der Waals surface area contributed by atoms with Crippen molar-refractivity contribution in [3.8, 4) is 0 Å². The van der Waals surface area contributed by atoms with Crippen molar-refractivity contribution in [3.05, 3.63) is 0 Å². The third-order valence-corrected chi connectivity index (χ3v) is 3.85. The average molecular weight is 244 g/mol. The fraction of sp³-hybridized carbons (Fsp3) is 0.917. The monoisotopic (exact) mass is 244 g/mol. The third kappa shape index (κ3) is 4.00. The highest BCUT2D eigenvalue weighted by Gasteiger charge is 2.26. The summed E-state index contributed by atoms with van der Waals surface area (Å²) in [7, 11) is 0. The van der Waals surface area contributed by atoms with Crippen molar-refractivity contribution in [3.63, 3.8) is 0 Å². The highest BCUT2D eigenvalue weighted by atomic mass is 32.1. The molecule has 1 rings (SSSR count). The first kappa shape index (κ1) is 13.9. The van der Waals surface area contributed by atoms with E-state index in [0.29, 0.717) is 16.9 Å². The summed E-state index contributed by atoms with van der Waals surface area (Å²) < 4.78 is 0. The number of nitrogens with zero attached hydrogens (tertiary/aromatic N) is 1. The van der Waals surface area contributed by atoms with Crippen LogP contribution < -0.4 is 5.73 Å². The highest BCUT2D eigenvalue weighted by Crippen LogP contribution is 2.23. The molecule has 1 heterocycles. The van der Waals surface area contributed by atoms with Gasteiger partial charge in [-0.1, -0.05) is 19.1 Å². The third-order valence-electron chi connectivity index (χ3n) is 3.68. The summed E-state index contributed by atoms with van der Waals surface area (Å²) in [5, 5.41) is 9.55. The first-order chi connectivity index (χ1) is 7.54. The number of thiocarbonyl (C=S) groups is 1. The van der Waals surface area contributed by atoms with Gasteiger partial charge < -0.3 is 10.8 Å². The minimum absolute atomic E-state index is 0.169. The predicted molar refractivity (Wildman–Crippen MR) is 71.5 cm³/mol. The lowest BCUT2D eigenvalue weighted by Crippen LogP contribution is -2.44. The van der Waals surface area contributed by atoms with E-state index >= 15 is 0 Å². The summed E-state index contributed by atoms with van der Waals surface area (Å²) in [4.78, 5) is 3.09. The lowest BCUT2D eigenvalue weighted by molar-refractivity contribution is 0.0561. The van der Waals surface area contributed by atoms with Crippen LogP contribution in [-0.2, 0) is 0 Å². The van der Waals surface area contributed by atoms with E-state index in [-0.39, 0.29) is 6.10 Å². The Kier molecular flexibility index (Phi) is 5.66. The van der Waals surface area contributed by atoms with Crippen LogP contribution in [0.1, 0.15) is 39.5 Å². The van der Waals surface area contributed by atoms with Crippen LogP contribution in [0.4, 0.5) is 0 Å². The molecular formula is C12H24N2OS. The van der Waals surface area contributed by atoms with Crippen molar-refractivity contribution in [2.45, 2.75) is 51.7 Å². The molecule has 1 aliphatic heterocycles. The van der Waals surface area contributed by atoms with Gasteiger partial charge in [-0.05, 0) is 45.2 Å². The zero-order valence-electron chi connectivity index (χ0n) is 10.4. The lowest BCUT2D eigenvalue weighted by atomic mass is 9.91. The van der Waals surface area contributed by atoms with Gasteiger partial charge in [-0.25, -0.2) is 0 Å². The van der Waals surface area contributed by atoms with E-state index in [4.69, 9.17) is 18.0 Å². The Balaban J connectivity index is 2.41. The molecule has 0 spiro atoms. The van der Waals surface area contributed by atoms with Crippen LogP contribution in [0.25, 0.3) is 0 Å². The zero-order chi connectivity index (χ0) is 12.1. The first-order valence-corrected chi connectivity index (χ1v) is 6.65. The lowest BCUT2D eigenvalue weighted by Gasteiger charge is -2.38. The van der Waals surface area contributed by atoms with Gasteiger partial charge in [0.2, 0.25) is 0 Å². The number of aliphatic hydroxyl groups excluding tert-OH is 1. The van der Waals surface area contributed by atoms with Crippen LogP contribution in [0.3, 0.4) is 0 Å². The van der Waals surface area contributed by atoms with Gasteiger partial charge in [0.05, 0.1) is 11.1 Å². The number of rotatable bonds is 5. The molecule has 16 heavy (non-hydrogen) atoms. The molecule has 1 aliphatic rings. The molecule has 0 saturated carbocycles. The summed E-state index contributed by atoms with van der Waals surface area (Å²) >= 11 is 4.98. The number of piperidine rings is 1. The Hall–Kier alpha value is -0.190. The summed E-state index contributed by atoms with van der Waals surface area (Å²) in [5.74, 6) is 0.471. The van der Waals surface area contributed by atoms with E-state index in [1.54, 1.807) is 0 Å². The van der Waals surface area contributed by atoms with Gasteiger partial charge in [-0.15, -0.1) is 0 Å². The Morgan fingerprint density at radius 2 is 2.06 bits per heavy atom. The second kappa shape index (κ2) is 6.52. The van der Waals surface area contributed by atoms with Crippen molar-refractivity contribution in [1.82, 2.24) is 4.90 Å². The minimum Gasteiger partial charge on any atom is -0.393 e. The SMILES string of the molecule is CCC(CC(N)=S)N1CCC(C(C)O)CC1. The van der Waals surface area contributed by atoms with Crippen molar-refractivity contribution in [2.24, 2.45) is 11.7 Å². The number of hydrogen-bond donors (Lipinski definition) is 2. The van der Waals surface area contributed by atoms with Crippen molar-refractivity contribution in [2.75, 3.05) is 13.1 Å². The molecule has 3 N–H and O–H groups in total. The summed E-state index contributed by atoms with van der Waals surface area (Å²) in [6.45, 7) is 6.21. The Morgan fingerprint density at radius 3 is 2.44 bits per heavy atom. The Bertz CT molecular complexity index is 225. The van der Waals surface area contributed by atoms with E-state index in [0.717, 1.165) is 38.8 Å². The van der Waals surface area contributed by atoms with Gasteiger partial charge in [0.15, 0.2) is 0 Å². The van der Waals surface area contributed by atoms with E-state index in [9.17, 15) is 5.11 Å². The number of hydrogen-bond acceptors (Lipinski definition) is 3. The van der Waals surface area contributed by atoms with E-state index < -0.39 is 0 Å². The quantitative estimate of drug-likeness (QED) is 0.720. The summed E-state index contributed by atoms with van der Waals surface area (Å²) in [5.41, 5.74) is 5.62. The molecule has 0 aromatic carbocycles. The molecule has 0 aromatic heterocycles. The van der Waals surface area contributed by atoms with E-state index in [1.807, 2.05) is 6.92 Å². The number of likely N-dealkylation sites (tertiary alicyclic amines) is 1. The summed E-state index contributed by atoms with van der Waals surface area (Å²) in [6.07, 6.45) is 3.93. The van der Waals surface area contributed by atoms with E-state index in [2.05, 4.69) is 11.8 Å². The number of nitrogens with two attached hydrogens (primary N) is 1. The molecule has 3 nitrogen and oxygen atoms in total. The maximum Gasteiger partial charge on any atom is 0.0743 e. The molecule has 0 aromatic rings. The fourth-order valence-corrected chi connectivity index (χ4v) is 2.72. The zero-order valence-corrected chi connectivity index (χ0v) is 11.2. The van der Waals surface area contributed by atoms with Gasteiger partial charge >= 0.3 is 0 Å². The molecular weight excluding hydrogens is 220 g/mol. The molecule has 0 aliphatic carbocycles. The van der Waals surface area contributed by atoms with Crippen molar-refractivity contribution >= 4 is 17.2 Å². The largest absolute Gasteiger partial charge is 0.393 e. The van der Waals surface area contributed by atoms with Gasteiger partial charge in [0, 0.05) is 12.5 Å². The van der Waals surface area contributed by atoms with Crippen LogP contribution in [0.2, 0.25) is 0 Å². The van der Waals surface area contributed by atoms with Crippen LogP contribution in [0, 0.1) is 5.92 Å². The van der Waals surface area contributed by atoms with E-state index in [1.165, 1.54) is 0 Å². The molecule has 2 atom stereocenters. The number of aliphatic hydroxyl groups is 1. The van der Waals surface area contributed by atoms with Crippen LogP contribution >= 0.6 is 12.2 Å². The second-order valence-electron chi connectivity index (χ2n) is 4.85. The van der Waals surface area contributed by atoms with Gasteiger partial charge in [0.1, 0.15) is 0 Å². The standard InChI is InChI=1S/C12H24N2OS/c1-3-11(8-12(13)16)14-6-4-10(5-7-14)9(2)15/h9-11,15H,3-8H2,1-2H3,(H2,13,16). The molecule has 2 unspecified atom stereocenters. The van der Waals surface area contributed by atoms with Gasteiger partial charge in [0.25, 0.3) is 0 Å². The molecule has 1 saturated heterocycles. The summed E-state index contributed by atoms with van der Waals surface area (Å²) in [6, 6.07) is 0.493. The van der Waals surface area contributed by atoms with Crippen LogP contribution in [0.15, 0.2) is 0 Å². The maximum absolute atomic E-state index is 9.55. The highest BCUT2D eigenvalue weighted by molar-refractivity contribution is 7.80. The molecule has 0 amide bonds. The molecule has 94 valence electrons.